The quantitative estimate of drug-likeness (QED) is 0.792. The van der Waals surface area contributed by atoms with E-state index in [1.807, 2.05) is 6.08 Å². The summed E-state index contributed by atoms with van der Waals surface area (Å²) in [6.07, 6.45) is 8.20. The molecule has 1 amide bonds. The summed E-state index contributed by atoms with van der Waals surface area (Å²) in [7, 11) is 0. The van der Waals surface area contributed by atoms with Crippen molar-refractivity contribution >= 4 is 22.4 Å². The monoisotopic (exact) mass is 363 g/mol. The van der Waals surface area contributed by atoms with Crippen LogP contribution in [0.5, 0.6) is 0 Å². The van der Waals surface area contributed by atoms with Crippen LogP contribution in [0, 0.1) is 5.92 Å². The van der Waals surface area contributed by atoms with Gasteiger partial charge in [0.25, 0.3) is 0 Å². The van der Waals surface area contributed by atoms with E-state index in [0.717, 1.165) is 25.9 Å². The Labute approximate surface area is 161 Å². The number of aromatic nitrogens is 1. The average Bonchev–Trinajstić information content (AvgIpc) is 3.06. The smallest absolute Gasteiger partial charge is 0.228 e. The van der Waals surface area contributed by atoms with Crippen LogP contribution in [0.2, 0.25) is 0 Å². The van der Waals surface area contributed by atoms with Crippen LogP contribution in [0.1, 0.15) is 38.3 Å². The third-order valence-electron chi connectivity index (χ3n) is 6.36. The minimum atomic E-state index is -0.141. The normalized spacial score (nSPS) is 25.6. The number of hydrogen-bond donors (Lipinski definition) is 2. The first-order chi connectivity index (χ1) is 13.0. The molecule has 2 heterocycles. The van der Waals surface area contributed by atoms with Gasteiger partial charge in [-0.3, -0.25) is 9.69 Å². The molecule has 4 nitrogen and oxygen atoms in total. The number of H-pyrrole nitrogens is 1. The number of hydrogen-bond acceptors (Lipinski definition) is 2. The summed E-state index contributed by atoms with van der Waals surface area (Å²) in [4.78, 5) is 18.8. The molecule has 0 radical (unpaired) electrons. The van der Waals surface area contributed by atoms with Crippen molar-refractivity contribution in [1.82, 2.24) is 15.2 Å². The zero-order chi connectivity index (χ0) is 19.2. The van der Waals surface area contributed by atoms with Crippen molar-refractivity contribution in [3.63, 3.8) is 0 Å². The average molecular weight is 364 g/mol. The Hall–Kier alpha value is -2.33. The van der Waals surface area contributed by atoms with Gasteiger partial charge >= 0.3 is 0 Å². The second kappa shape index (κ2) is 6.68. The minimum absolute atomic E-state index is 0.120. The molecule has 1 aliphatic carbocycles. The number of benzene rings is 1. The van der Waals surface area contributed by atoms with E-state index in [-0.39, 0.29) is 23.4 Å². The third-order valence-corrected chi connectivity index (χ3v) is 6.36. The zero-order valence-electron chi connectivity index (χ0n) is 16.5. The number of nitrogens with one attached hydrogen (secondary N) is 2. The molecular weight excluding hydrogens is 334 g/mol. The number of rotatable bonds is 5. The van der Waals surface area contributed by atoms with Gasteiger partial charge in [0.1, 0.15) is 0 Å². The predicted molar refractivity (Wildman–Crippen MR) is 112 cm³/mol. The largest absolute Gasteiger partial charge is 0.361 e. The van der Waals surface area contributed by atoms with Crippen molar-refractivity contribution in [2.75, 3.05) is 13.1 Å². The van der Waals surface area contributed by atoms with Gasteiger partial charge in [0.15, 0.2) is 0 Å². The fourth-order valence-electron chi connectivity index (χ4n) is 4.66. The number of nitrogens with zero attached hydrogens (tertiary/aromatic N) is 1. The maximum absolute atomic E-state index is 12.9. The van der Waals surface area contributed by atoms with Crippen LogP contribution in [0.15, 0.2) is 43.1 Å². The van der Waals surface area contributed by atoms with Gasteiger partial charge in [-0.1, -0.05) is 31.2 Å². The van der Waals surface area contributed by atoms with Crippen LogP contribution in [0.3, 0.4) is 0 Å². The van der Waals surface area contributed by atoms with E-state index in [1.165, 1.54) is 27.6 Å². The molecule has 4 rings (SSSR count). The summed E-state index contributed by atoms with van der Waals surface area (Å²) in [6.45, 7) is 11.9. The number of carbonyl (C=O) groups is 1. The molecule has 0 spiro atoms. The molecule has 1 aliphatic heterocycles. The van der Waals surface area contributed by atoms with E-state index in [4.69, 9.17) is 0 Å². The first-order valence-electron chi connectivity index (χ1n) is 9.96. The SMILES string of the molecule is C=CCN1C[C@H](C(=O)N[C@H](C)CC)C=C2c3cccc4[nH]cc(c34)CC21C. The molecule has 4 heteroatoms. The van der Waals surface area contributed by atoms with Gasteiger partial charge in [-0.25, -0.2) is 0 Å². The fourth-order valence-corrected chi connectivity index (χ4v) is 4.66. The van der Waals surface area contributed by atoms with Crippen LogP contribution in [-0.4, -0.2) is 40.5 Å². The molecule has 27 heavy (non-hydrogen) atoms. The Balaban J connectivity index is 1.82. The predicted octanol–water partition coefficient (Wildman–Crippen LogP) is 3.90. The Morgan fingerprint density at radius 1 is 1.52 bits per heavy atom. The van der Waals surface area contributed by atoms with Crippen LogP contribution < -0.4 is 5.32 Å². The molecule has 2 N–H and O–H groups in total. The Morgan fingerprint density at radius 3 is 3.07 bits per heavy atom. The zero-order valence-corrected chi connectivity index (χ0v) is 16.5. The molecule has 1 aromatic carbocycles. The van der Waals surface area contributed by atoms with Crippen LogP contribution in [0.25, 0.3) is 16.5 Å². The molecule has 0 saturated heterocycles. The highest BCUT2D eigenvalue weighted by Crippen LogP contribution is 2.47. The number of amides is 1. The van der Waals surface area contributed by atoms with Crippen LogP contribution in [-0.2, 0) is 11.2 Å². The molecule has 2 aromatic rings. The first-order valence-corrected chi connectivity index (χ1v) is 9.96. The van der Waals surface area contributed by atoms with E-state index in [0.29, 0.717) is 0 Å². The highest BCUT2D eigenvalue weighted by atomic mass is 16.2. The van der Waals surface area contributed by atoms with Crippen molar-refractivity contribution in [2.24, 2.45) is 5.92 Å². The highest BCUT2D eigenvalue weighted by molar-refractivity contribution is 6.00. The molecule has 0 bridgehead atoms. The van der Waals surface area contributed by atoms with E-state index in [9.17, 15) is 4.79 Å². The molecule has 0 saturated carbocycles. The Morgan fingerprint density at radius 2 is 2.33 bits per heavy atom. The van der Waals surface area contributed by atoms with Crippen molar-refractivity contribution in [1.29, 1.82) is 0 Å². The van der Waals surface area contributed by atoms with E-state index in [1.54, 1.807) is 0 Å². The molecule has 142 valence electrons. The summed E-state index contributed by atoms with van der Waals surface area (Å²) in [5.41, 5.74) is 4.94. The number of carbonyl (C=O) groups excluding carboxylic acids is 1. The van der Waals surface area contributed by atoms with Gasteiger partial charge in [-0.05, 0) is 49.5 Å². The lowest BCUT2D eigenvalue weighted by molar-refractivity contribution is -0.125. The van der Waals surface area contributed by atoms with E-state index >= 15 is 0 Å². The Kier molecular flexibility index (Phi) is 4.47. The van der Waals surface area contributed by atoms with Gasteiger partial charge in [0.05, 0.1) is 5.92 Å². The lowest BCUT2D eigenvalue weighted by Gasteiger charge is -2.49. The van der Waals surface area contributed by atoms with Gasteiger partial charge in [-0.15, -0.1) is 6.58 Å². The summed E-state index contributed by atoms with van der Waals surface area (Å²) >= 11 is 0. The van der Waals surface area contributed by atoms with Gasteiger partial charge in [0, 0.05) is 41.8 Å². The highest BCUT2D eigenvalue weighted by Gasteiger charge is 2.45. The second-order valence-electron chi connectivity index (χ2n) is 8.19. The molecule has 2 aliphatic rings. The summed E-state index contributed by atoms with van der Waals surface area (Å²) < 4.78 is 0. The van der Waals surface area contributed by atoms with Crippen LogP contribution >= 0.6 is 0 Å². The van der Waals surface area contributed by atoms with Crippen molar-refractivity contribution in [3.8, 4) is 0 Å². The summed E-state index contributed by atoms with van der Waals surface area (Å²) in [5.74, 6) is -0.0159. The molecule has 1 aromatic heterocycles. The number of aromatic amines is 1. The fraction of sp³-hybridized carbons (Fsp3) is 0.435. The standard InChI is InChI=1S/C23H29N3O/c1-5-10-26-14-16(22(27)25-15(3)6-2)11-19-18-8-7-9-20-21(18)17(13-24-20)12-23(19,26)4/h5,7-9,11,13,15-16,24H,1,6,10,12,14H2,2-4H3,(H,25,27)/t15-,16-,23?/m1/s1. The van der Waals surface area contributed by atoms with Crippen molar-refractivity contribution < 1.29 is 4.79 Å². The lowest BCUT2D eigenvalue weighted by atomic mass is 9.71. The van der Waals surface area contributed by atoms with Gasteiger partial charge in [-0.2, -0.15) is 0 Å². The van der Waals surface area contributed by atoms with Crippen molar-refractivity contribution in [2.45, 2.75) is 45.2 Å². The van der Waals surface area contributed by atoms with Crippen LogP contribution in [0.4, 0.5) is 0 Å². The third kappa shape index (κ3) is 2.83. The summed E-state index contributed by atoms with van der Waals surface area (Å²) in [5, 5.41) is 4.47. The topological polar surface area (TPSA) is 48.1 Å². The molecule has 3 atom stereocenters. The van der Waals surface area contributed by atoms with Gasteiger partial charge in [0.2, 0.25) is 5.91 Å². The first kappa shape index (κ1) is 18.1. The molecular formula is C23H29N3O. The second-order valence-corrected chi connectivity index (χ2v) is 8.19. The lowest BCUT2D eigenvalue weighted by Crippen LogP contribution is -2.56. The molecule has 0 fully saturated rings. The summed E-state index contributed by atoms with van der Waals surface area (Å²) in [6, 6.07) is 6.63. The maximum Gasteiger partial charge on any atom is 0.228 e. The molecule has 1 unspecified atom stereocenters. The van der Waals surface area contributed by atoms with Gasteiger partial charge < -0.3 is 10.3 Å². The minimum Gasteiger partial charge on any atom is -0.361 e. The van der Waals surface area contributed by atoms with Crippen molar-refractivity contribution in [3.05, 3.63) is 54.3 Å². The van der Waals surface area contributed by atoms with E-state index < -0.39 is 0 Å². The number of fused-ring (bicyclic) bond motifs is 2. The van der Waals surface area contributed by atoms with E-state index in [2.05, 4.69) is 73.0 Å². The maximum atomic E-state index is 12.9. The Bertz CT molecular complexity index is 925.